The Balaban J connectivity index is 2.10. The van der Waals surface area contributed by atoms with Crippen LogP contribution in [0.5, 0.6) is 0 Å². The Morgan fingerprint density at radius 1 is 1.16 bits per heavy atom. The molecule has 0 spiro atoms. The Labute approximate surface area is 182 Å². The van der Waals surface area contributed by atoms with Crippen molar-refractivity contribution in [1.29, 1.82) is 0 Å². The van der Waals surface area contributed by atoms with Crippen LogP contribution in [0.25, 0.3) is 0 Å². The highest BCUT2D eigenvalue weighted by molar-refractivity contribution is 7.91. The molecule has 1 heterocycles. The lowest BCUT2D eigenvalue weighted by molar-refractivity contribution is -0.139. The van der Waals surface area contributed by atoms with Crippen molar-refractivity contribution in [2.45, 2.75) is 17.9 Å². The molecule has 0 aromatic heterocycles. The second kappa shape index (κ2) is 9.03. The molecular weight excluding hydrogens is 454 g/mol. The molecule has 2 N–H and O–H groups in total. The molecule has 3 rings (SSSR count). The number of halogens is 3. The van der Waals surface area contributed by atoms with E-state index < -0.39 is 45.3 Å². The fourth-order valence-corrected chi connectivity index (χ4v) is 4.62. The highest BCUT2D eigenvalue weighted by atomic mass is 35.5. The standard InChI is InChI=1S/C20H17ClF2N2O5S/c1-2-30-19(26)17-16(10-31(28,29)13-7-8-15(23)14(21)9-13)24-20(27)25-18(17)11-3-5-12(22)6-4-11/h3-9,18H,2,10H2,1H3,(H2,24,25,27). The maximum absolute atomic E-state index is 13.4. The Hall–Kier alpha value is -2.98. The van der Waals surface area contributed by atoms with E-state index in [1.165, 1.54) is 12.1 Å². The molecule has 1 atom stereocenters. The van der Waals surface area contributed by atoms with Gasteiger partial charge in [0.25, 0.3) is 0 Å². The molecule has 0 radical (unpaired) electrons. The molecule has 31 heavy (non-hydrogen) atoms. The highest BCUT2D eigenvalue weighted by Crippen LogP contribution is 2.30. The lowest BCUT2D eigenvalue weighted by Gasteiger charge is -2.29. The van der Waals surface area contributed by atoms with E-state index in [1.54, 1.807) is 6.92 Å². The van der Waals surface area contributed by atoms with Gasteiger partial charge in [-0.05, 0) is 42.8 Å². The smallest absolute Gasteiger partial charge is 0.338 e. The molecular formula is C20H17ClF2N2O5S. The van der Waals surface area contributed by atoms with Crippen LogP contribution < -0.4 is 10.6 Å². The maximum Gasteiger partial charge on any atom is 0.338 e. The number of benzene rings is 2. The van der Waals surface area contributed by atoms with Gasteiger partial charge in [-0.15, -0.1) is 0 Å². The number of carbonyl (C=O) groups excluding carboxylic acids is 2. The number of urea groups is 1. The van der Waals surface area contributed by atoms with Crippen molar-refractivity contribution < 1.29 is 31.5 Å². The van der Waals surface area contributed by atoms with E-state index in [9.17, 15) is 26.8 Å². The molecule has 0 bridgehead atoms. The highest BCUT2D eigenvalue weighted by Gasteiger charge is 2.35. The molecule has 1 unspecified atom stereocenters. The molecule has 2 amide bonds. The normalized spacial score (nSPS) is 16.5. The van der Waals surface area contributed by atoms with E-state index in [4.69, 9.17) is 16.3 Å². The van der Waals surface area contributed by atoms with E-state index in [2.05, 4.69) is 10.6 Å². The van der Waals surface area contributed by atoms with Crippen molar-refractivity contribution in [1.82, 2.24) is 10.6 Å². The summed E-state index contributed by atoms with van der Waals surface area (Å²) in [6, 6.07) is 6.04. The second-order valence-electron chi connectivity index (χ2n) is 6.53. The van der Waals surface area contributed by atoms with E-state index in [0.29, 0.717) is 5.56 Å². The molecule has 2 aromatic carbocycles. The number of amides is 2. The van der Waals surface area contributed by atoms with Gasteiger partial charge in [-0.3, -0.25) is 0 Å². The fraction of sp³-hybridized carbons (Fsp3) is 0.200. The third kappa shape index (κ3) is 5.02. The van der Waals surface area contributed by atoms with Crippen LogP contribution in [0.15, 0.2) is 58.6 Å². The summed E-state index contributed by atoms with van der Waals surface area (Å²) < 4.78 is 57.6. The monoisotopic (exact) mass is 470 g/mol. The first kappa shape index (κ1) is 22.7. The molecule has 0 saturated carbocycles. The zero-order chi connectivity index (χ0) is 22.8. The van der Waals surface area contributed by atoms with Crippen LogP contribution in [0.3, 0.4) is 0 Å². The third-order valence-electron chi connectivity index (χ3n) is 4.44. The largest absolute Gasteiger partial charge is 0.463 e. The van der Waals surface area contributed by atoms with E-state index in [-0.39, 0.29) is 27.8 Å². The predicted molar refractivity (Wildman–Crippen MR) is 108 cm³/mol. The molecule has 0 aliphatic carbocycles. The molecule has 1 aliphatic heterocycles. The molecule has 2 aromatic rings. The number of hydrogen-bond donors (Lipinski definition) is 2. The minimum absolute atomic E-state index is 0.0000175. The van der Waals surface area contributed by atoms with Crippen LogP contribution in [0, 0.1) is 11.6 Å². The van der Waals surface area contributed by atoms with Crippen LogP contribution in [-0.2, 0) is 19.4 Å². The lowest BCUT2D eigenvalue weighted by atomic mass is 9.95. The van der Waals surface area contributed by atoms with Crippen molar-refractivity contribution in [2.24, 2.45) is 0 Å². The Bertz CT molecular complexity index is 1170. The lowest BCUT2D eigenvalue weighted by Crippen LogP contribution is -2.47. The van der Waals surface area contributed by atoms with Crippen molar-refractivity contribution in [3.05, 3.63) is 76.0 Å². The van der Waals surface area contributed by atoms with E-state index in [1.807, 2.05) is 0 Å². The first-order chi connectivity index (χ1) is 14.6. The van der Waals surface area contributed by atoms with E-state index in [0.717, 1.165) is 30.3 Å². The van der Waals surface area contributed by atoms with Crippen LogP contribution in [-0.4, -0.2) is 32.8 Å². The number of ether oxygens (including phenoxy) is 1. The number of nitrogens with one attached hydrogen (secondary N) is 2. The number of carbonyl (C=O) groups is 2. The molecule has 1 aliphatic rings. The van der Waals surface area contributed by atoms with Gasteiger partial charge in [0.15, 0.2) is 9.84 Å². The van der Waals surface area contributed by atoms with Gasteiger partial charge in [-0.1, -0.05) is 23.7 Å². The molecule has 11 heteroatoms. The third-order valence-corrected chi connectivity index (χ3v) is 6.37. The van der Waals surface area contributed by atoms with Gasteiger partial charge in [0, 0.05) is 5.70 Å². The summed E-state index contributed by atoms with van der Waals surface area (Å²) in [6.45, 7) is 1.57. The molecule has 0 saturated heterocycles. The van der Waals surface area contributed by atoms with Crippen LogP contribution >= 0.6 is 11.6 Å². The number of rotatable bonds is 6. The Morgan fingerprint density at radius 3 is 2.45 bits per heavy atom. The quantitative estimate of drug-likeness (QED) is 0.498. The Morgan fingerprint density at radius 2 is 1.84 bits per heavy atom. The molecule has 7 nitrogen and oxygen atoms in total. The number of esters is 1. The maximum atomic E-state index is 13.4. The van der Waals surface area contributed by atoms with Crippen LogP contribution in [0.2, 0.25) is 5.02 Å². The van der Waals surface area contributed by atoms with Gasteiger partial charge >= 0.3 is 12.0 Å². The summed E-state index contributed by atoms with van der Waals surface area (Å²) in [4.78, 5) is 24.6. The van der Waals surface area contributed by atoms with Gasteiger partial charge in [-0.2, -0.15) is 0 Å². The summed E-state index contributed by atoms with van der Waals surface area (Å²) in [7, 11) is -4.14. The topological polar surface area (TPSA) is 102 Å². The SMILES string of the molecule is CCOC(=O)C1=C(CS(=O)(=O)c2ccc(F)c(Cl)c2)NC(=O)NC1c1ccc(F)cc1. The van der Waals surface area contributed by atoms with Gasteiger partial charge in [0.2, 0.25) is 0 Å². The van der Waals surface area contributed by atoms with Crippen molar-refractivity contribution in [3.8, 4) is 0 Å². The van der Waals surface area contributed by atoms with Gasteiger partial charge in [0.05, 0.1) is 33.9 Å². The zero-order valence-electron chi connectivity index (χ0n) is 16.1. The molecule has 164 valence electrons. The van der Waals surface area contributed by atoms with Crippen LogP contribution in [0.4, 0.5) is 13.6 Å². The first-order valence-corrected chi connectivity index (χ1v) is 11.1. The van der Waals surface area contributed by atoms with Crippen molar-refractivity contribution in [3.63, 3.8) is 0 Å². The minimum atomic E-state index is -4.14. The fourth-order valence-electron chi connectivity index (χ4n) is 3.03. The summed E-state index contributed by atoms with van der Waals surface area (Å²) >= 11 is 5.69. The summed E-state index contributed by atoms with van der Waals surface area (Å²) in [6.07, 6.45) is 0. The van der Waals surface area contributed by atoms with Crippen LogP contribution in [0.1, 0.15) is 18.5 Å². The zero-order valence-corrected chi connectivity index (χ0v) is 17.7. The number of sulfone groups is 1. The van der Waals surface area contributed by atoms with Gasteiger partial charge in [-0.25, -0.2) is 26.8 Å². The van der Waals surface area contributed by atoms with E-state index >= 15 is 0 Å². The average molecular weight is 471 g/mol. The second-order valence-corrected chi connectivity index (χ2v) is 8.93. The van der Waals surface area contributed by atoms with Gasteiger partial charge < -0.3 is 15.4 Å². The summed E-state index contributed by atoms with van der Waals surface area (Å²) in [5.41, 5.74) is -0.0131. The summed E-state index contributed by atoms with van der Waals surface area (Å²) in [5.74, 6) is -2.96. The summed E-state index contributed by atoms with van der Waals surface area (Å²) in [5, 5.41) is 4.46. The Kier molecular flexibility index (Phi) is 6.61. The average Bonchev–Trinajstić information content (AvgIpc) is 2.70. The van der Waals surface area contributed by atoms with Crippen molar-refractivity contribution in [2.75, 3.05) is 12.4 Å². The minimum Gasteiger partial charge on any atom is -0.463 e. The van der Waals surface area contributed by atoms with Crippen molar-refractivity contribution >= 4 is 33.4 Å². The first-order valence-electron chi connectivity index (χ1n) is 9.03. The molecule has 0 fully saturated rings. The number of hydrogen-bond acceptors (Lipinski definition) is 5. The van der Waals surface area contributed by atoms with Gasteiger partial charge in [0.1, 0.15) is 11.6 Å². The predicted octanol–water partition coefficient (Wildman–Crippen LogP) is 3.26.